The quantitative estimate of drug-likeness (QED) is 0.421. The second kappa shape index (κ2) is 9.35. The second-order valence-electron chi connectivity index (χ2n) is 7.77. The number of para-hydroxylation sites is 2. The molecule has 0 aliphatic rings. The van der Waals surface area contributed by atoms with Crippen molar-refractivity contribution in [1.29, 1.82) is 0 Å². The summed E-state index contributed by atoms with van der Waals surface area (Å²) in [5.41, 5.74) is 4.86. The molecule has 0 bridgehead atoms. The fourth-order valence-electron chi connectivity index (χ4n) is 4.00. The van der Waals surface area contributed by atoms with Gasteiger partial charge in [0.15, 0.2) is 0 Å². The van der Waals surface area contributed by atoms with Crippen LogP contribution in [0.5, 0.6) is 0 Å². The molecule has 1 amide bonds. The van der Waals surface area contributed by atoms with Crippen LogP contribution in [0.3, 0.4) is 0 Å². The predicted octanol–water partition coefficient (Wildman–Crippen LogP) is 4.87. The van der Waals surface area contributed by atoms with Gasteiger partial charge in [0.1, 0.15) is 5.58 Å². The first-order valence-corrected chi connectivity index (χ1v) is 11.1. The Morgan fingerprint density at radius 3 is 2.71 bits per heavy atom. The summed E-state index contributed by atoms with van der Waals surface area (Å²) in [5, 5.41) is 4.03. The Morgan fingerprint density at radius 1 is 1.13 bits per heavy atom. The van der Waals surface area contributed by atoms with E-state index in [-0.39, 0.29) is 12.3 Å². The molecule has 2 aromatic heterocycles. The summed E-state index contributed by atoms with van der Waals surface area (Å²) in [6, 6.07) is 14.2. The molecule has 4 rings (SSSR count). The Bertz CT molecular complexity index is 1190. The summed E-state index contributed by atoms with van der Waals surface area (Å²) < 4.78 is 7.80. The number of nitrogens with zero attached hydrogens (tertiary/aromatic N) is 3. The van der Waals surface area contributed by atoms with E-state index in [1.165, 1.54) is 5.56 Å². The monoisotopic (exact) mass is 418 g/mol. The van der Waals surface area contributed by atoms with Gasteiger partial charge in [0.2, 0.25) is 11.9 Å². The van der Waals surface area contributed by atoms with Gasteiger partial charge in [-0.05, 0) is 43.3 Å². The number of imidazole rings is 1. The van der Waals surface area contributed by atoms with E-state index in [1.54, 1.807) is 6.26 Å². The topological polar surface area (TPSA) is 63.3 Å². The van der Waals surface area contributed by atoms with Crippen molar-refractivity contribution in [2.75, 3.05) is 25.0 Å². The highest BCUT2D eigenvalue weighted by Gasteiger charge is 2.16. The summed E-state index contributed by atoms with van der Waals surface area (Å²) in [4.78, 5) is 20.0. The van der Waals surface area contributed by atoms with E-state index in [9.17, 15) is 4.79 Å². The van der Waals surface area contributed by atoms with Crippen LogP contribution < -0.4 is 5.32 Å². The summed E-state index contributed by atoms with van der Waals surface area (Å²) in [6.07, 6.45) is 2.89. The van der Waals surface area contributed by atoms with E-state index >= 15 is 0 Å². The standard InChI is InChI=1S/C25H30N4O2/c1-4-18-11-12-20-19(17-31-23(20)15-18)16-24(30)27-25-26-21-9-7-8-10-22(21)29(25)14-13-28(5-2)6-3/h7-12,15,17H,4-6,13-14,16H2,1-3H3,(H,26,27,30). The van der Waals surface area contributed by atoms with E-state index in [2.05, 4.69) is 52.7 Å². The number of fused-ring (bicyclic) bond motifs is 2. The lowest BCUT2D eigenvalue weighted by Crippen LogP contribution is -2.28. The van der Waals surface area contributed by atoms with Gasteiger partial charge in [-0.1, -0.05) is 45.0 Å². The lowest BCUT2D eigenvalue weighted by atomic mass is 10.1. The molecule has 6 nitrogen and oxygen atoms in total. The Kier molecular flexibility index (Phi) is 6.37. The minimum atomic E-state index is -0.0957. The molecule has 0 spiro atoms. The van der Waals surface area contributed by atoms with E-state index < -0.39 is 0 Å². The van der Waals surface area contributed by atoms with Crippen LogP contribution in [0.4, 0.5) is 5.95 Å². The van der Waals surface area contributed by atoms with Gasteiger partial charge in [-0.3, -0.25) is 10.1 Å². The van der Waals surface area contributed by atoms with E-state index in [4.69, 9.17) is 4.42 Å². The SMILES string of the molecule is CCc1ccc2c(CC(=O)Nc3nc4ccccc4n3CCN(CC)CC)coc2c1. The molecular formula is C25H30N4O2. The molecule has 0 atom stereocenters. The molecule has 31 heavy (non-hydrogen) atoms. The molecule has 6 heteroatoms. The number of furan rings is 1. The summed E-state index contributed by atoms with van der Waals surface area (Å²) in [5.74, 6) is 0.501. The van der Waals surface area contributed by atoms with Crippen LogP contribution in [-0.4, -0.2) is 40.0 Å². The third-order valence-corrected chi connectivity index (χ3v) is 5.92. The molecule has 0 fully saturated rings. The lowest BCUT2D eigenvalue weighted by molar-refractivity contribution is -0.115. The largest absolute Gasteiger partial charge is 0.464 e. The molecule has 0 aliphatic carbocycles. The van der Waals surface area contributed by atoms with Gasteiger partial charge >= 0.3 is 0 Å². The zero-order valence-electron chi connectivity index (χ0n) is 18.5. The van der Waals surface area contributed by atoms with Crippen molar-refractivity contribution in [2.45, 2.75) is 40.2 Å². The smallest absolute Gasteiger partial charge is 0.231 e. The van der Waals surface area contributed by atoms with Gasteiger partial charge in [-0.2, -0.15) is 0 Å². The highest BCUT2D eigenvalue weighted by Crippen LogP contribution is 2.24. The van der Waals surface area contributed by atoms with Crippen molar-refractivity contribution in [3.05, 3.63) is 59.9 Å². The van der Waals surface area contributed by atoms with Crippen molar-refractivity contribution in [2.24, 2.45) is 0 Å². The Morgan fingerprint density at radius 2 is 1.94 bits per heavy atom. The van der Waals surface area contributed by atoms with Crippen LogP contribution in [0.2, 0.25) is 0 Å². The predicted molar refractivity (Wildman–Crippen MR) is 125 cm³/mol. The molecule has 1 N–H and O–H groups in total. The zero-order chi connectivity index (χ0) is 21.8. The molecule has 2 heterocycles. The highest BCUT2D eigenvalue weighted by molar-refractivity contribution is 5.95. The van der Waals surface area contributed by atoms with Gasteiger partial charge < -0.3 is 13.9 Å². The van der Waals surface area contributed by atoms with E-state index in [0.717, 1.165) is 60.2 Å². The maximum atomic E-state index is 12.9. The maximum Gasteiger partial charge on any atom is 0.231 e. The number of anilines is 1. The third kappa shape index (κ3) is 4.49. The summed E-state index contributed by atoms with van der Waals surface area (Å²) in [6.45, 7) is 10.1. The van der Waals surface area contributed by atoms with Gasteiger partial charge in [-0.25, -0.2) is 4.98 Å². The minimum Gasteiger partial charge on any atom is -0.464 e. The van der Waals surface area contributed by atoms with Gasteiger partial charge in [-0.15, -0.1) is 0 Å². The summed E-state index contributed by atoms with van der Waals surface area (Å²) >= 11 is 0. The Labute approximate surface area is 182 Å². The number of carbonyl (C=O) groups excluding carboxylic acids is 1. The average molecular weight is 419 g/mol. The van der Waals surface area contributed by atoms with Crippen LogP contribution in [-0.2, 0) is 24.2 Å². The van der Waals surface area contributed by atoms with Crippen molar-refractivity contribution in [3.63, 3.8) is 0 Å². The van der Waals surface area contributed by atoms with Crippen molar-refractivity contribution >= 4 is 33.9 Å². The van der Waals surface area contributed by atoms with Gasteiger partial charge in [0.05, 0.1) is 23.7 Å². The zero-order valence-corrected chi connectivity index (χ0v) is 18.5. The molecule has 0 unspecified atom stereocenters. The first-order chi connectivity index (χ1) is 15.1. The molecule has 4 aromatic rings. The molecular weight excluding hydrogens is 388 g/mol. The summed E-state index contributed by atoms with van der Waals surface area (Å²) in [7, 11) is 0. The molecule has 162 valence electrons. The number of carbonyl (C=O) groups is 1. The van der Waals surface area contributed by atoms with Crippen LogP contribution in [0.25, 0.3) is 22.0 Å². The lowest BCUT2D eigenvalue weighted by Gasteiger charge is -2.19. The fraction of sp³-hybridized carbons (Fsp3) is 0.360. The third-order valence-electron chi connectivity index (χ3n) is 5.92. The fourth-order valence-corrected chi connectivity index (χ4v) is 4.00. The van der Waals surface area contributed by atoms with Crippen LogP contribution >= 0.6 is 0 Å². The molecule has 0 saturated carbocycles. The van der Waals surface area contributed by atoms with Crippen molar-refractivity contribution in [1.82, 2.24) is 14.5 Å². The number of benzene rings is 2. The number of aromatic nitrogens is 2. The Hall–Kier alpha value is -3.12. The number of likely N-dealkylation sites (N-methyl/N-ethyl adjacent to an activating group) is 1. The first-order valence-electron chi connectivity index (χ1n) is 11.1. The van der Waals surface area contributed by atoms with Gasteiger partial charge in [0, 0.05) is 24.0 Å². The van der Waals surface area contributed by atoms with Crippen molar-refractivity contribution < 1.29 is 9.21 Å². The maximum absolute atomic E-state index is 12.9. The Balaban J connectivity index is 1.55. The number of aryl methyl sites for hydroxylation is 1. The number of hydrogen-bond donors (Lipinski definition) is 1. The molecule has 0 saturated heterocycles. The number of rotatable bonds is 9. The number of amides is 1. The first kappa shape index (κ1) is 21.1. The molecule has 2 aromatic carbocycles. The van der Waals surface area contributed by atoms with Crippen LogP contribution in [0.15, 0.2) is 53.1 Å². The van der Waals surface area contributed by atoms with Crippen LogP contribution in [0.1, 0.15) is 31.9 Å². The molecule has 0 radical (unpaired) electrons. The van der Waals surface area contributed by atoms with Gasteiger partial charge in [0.25, 0.3) is 0 Å². The van der Waals surface area contributed by atoms with Crippen LogP contribution in [0, 0.1) is 0 Å². The highest BCUT2D eigenvalue weighted by atomic mass is 16.3. The normalized spacial score (nSPS) is 11.6. The second-order valence-corrected chi connectivity index (χ2v) is 7.77. The van der Waals surface area contributed by atoms with Crippen molar-refractivity contribution in [3.8, 4) is 0 Å². The minimum absolute atomic E-state index is 0.0957. The number of hydrogen-bond acceptors (Lipinski definition) is 4. The number of nitrogens with one attached hydrogen (secondary N) is 1. The average Bonchev–Trinajstić information content (AvgIpc) is 3.34. The van der Waals surface area contributed by atoms with E-state index in [0.29, 0.717) is 5.95 Å². The van der Waals surface area contributed by atoms with E-state index in [1.807, 2.05) is 30.3 Å². The molecule has 0 aliphatic heterocycles.